The number of hydrazone groups is 1. The van der Waals surface area contributed by atoms with E-state index in [-0.39, 0.29) is 0 Å². The van der Waals surface area contributed by atoms with E-state index >= 15 is 0 Å². The molecule has 0 heterocycles. The predicted molar refractivity (Wildman–Crippen MR) is 84.3 cm³/mol. The van der Waals surface area contributed by atoms with E-state index in [1.54, 1.807) is 25.5 Å². The average Bonchev–Trinajstić information content (AvgIpc) is 2.39. The molecule has 0 saturated carbocycles. The topological polar surface area (TPSA) is 45.6 Å². The van der Waals surface area contributed by atoms with E-state index in [0.29, 0.717) is 21.8 Å². The molecule has 0 aliphatic rings. The van der Waals surface area contributed by atoms with Crippen LogP contribution in [0.1, 0.15) is 12.0 Å². The van der Waals surface area contributed by atoms with E-state index in [0.717, 1.165) is 18.5 Å². The standard InChI is InChI=1S/C12H15Cl2N3OS/c1-18-6-2-5-15-12(19)17-16-8-9-3-4-10(13)11(14)7-9/h3-4,7-8H,2,5-6H2,1H3,(H2,15,17,19). The van der Waals surface area contributed by atoms with Crippen molar-refractivity contribution in [3.05, 3.63) is 33.8 Å². The highest BCUT2D eigenvalue weighted by molar-refractivity contribution is 7.80. The first-order valence-corrected chi connectivity index (χ1v) is 6.81. The van der Waals surface area contributed by atoms with Crippen LogP contribution in [0.25, 0.3) is 0 Å². The van der Waals surface area contributed by atoms with E-state index in [9.17, 15) is 0 Å². The van der Waals surface area contributed by atoms with Gasteiger partial charge in [-0.05, 0) is 36.3 Å². The summed E-state index contributed by atoms with van der Waals surface area (Å²) in [6.07, 6.45) is 2.50. The predicted octanol–water partition coefficient (Wildman–Crippen LogP) is 2.83. The van der Waals surface area contributed by atoms with Crippen molar-refractivity contribution in [1.29, 1.82) is 0 Å². The van der Waals surface area contributed by atoms with Crippen molar-refractivity contribution >= 4 is 46.7 Å². The zero-order valence-electron chi connectivity index (χ0n) is 10.5. The number of halogens is 2. The Hall–Kier alpha value is -0.880. The summed E-state index contributed by atoms with van der Waals surface area (Å²) in [4.78, 5) is 0. The summed E-state index contributed by atoms with van der Waals surface area (Å²) >= 11 is 16.7. The lowest BCUT2D eigenvalue weighted by Gasteiger charge is -2.06. The lowest BCUT2D eigenvalue weighted by Crippen LogP contribution is -2.33. The maximum atomic E-state index is 5.89. The van der Waals surface area contributed by atoms with Crippen LogP contribution in [0.5, 0.6) is 0 Å². The van der Waals surface area contributed by atoms with Crippen LogP contribution in [0.4, 0.5) is 0 Å². The highest BCUT2D eigenvalue weighted by Crippen LogP contribution is 2.21. The molecule has 0 aliphatic carbocycles. The molecule has 2 N–H and O–H groups in total. The van der Waals surface area contributed by atoms with Crippen LogP contribution in [-0.4, -0.2) is 31.6 Å². The van der Waals surface area contributed by atoms with Crippen molar-refractivity contribution in [3.63, 3.8) is 0 Å². The Morgan fingerprint density at radius 2 is 2.21 bits per heavy atom. The molecule has 0 fully saturated rings. The SMILES string of the molecule is COCCCNC(=S)NN=Cc1ccc(Cl)c(Cl)c1. The maximum absolute atomic E-state index is 5.89. The molecule has 4 nitrogen and oxygen atoms in total. The second-order valence-corrected chi connectivity index (χ2v) is 4.87. The van der Waals surface area contributed by atoms with Crippen LogP contribution in [0.2, 0.25) is 10.0 Å². The molecule has 1 aromatic carbocycles. The van der Waals surface area contributed by atoms with Crippen LogP contribution < -0.4 is 10.7 Å². The molecule has 0 saturated heterocycles. The van der Waals surface area contributed by atoms with Crippen LogP contribution >= 0.6 is 35.4 Å². The minimum atomic E-state index is 0.465. The number of benzene rings is 1. The van der Waals surface area contributed by atoms with Gasteiger partial charge in [0.1, 0.15) is 0 Å². The van der Waals surface area contributed by atoms with Crippen molar-refractivity contribution in [2.75, 3.05) is 20.3 Å². The number of methoxy groups -OCH3 is 1. The summed E-state index contributed by atoms with van der Waals surface area (Å²) in [5.41, 5.74) is 3.55. The number of nitrogens with one attached hydrogen (secondary N) is 2. The van der Waals surface area contributed by atoms with E-state index in [4.69, 9.17) is 40.2 Å². The molecule has 1 aromatic rings. The minimum absolute atomic E-state index is 0.465. The quantitative estimate of drug-likeness (QED) is 0.366. The first kappa shape index (κ1) is 16.2. The molecule has 0 unspecified atom stereocenters. The van der Waals surface area contributed by atoms with Gasteiger partial charge in [-0.25, -0.2) is 0 Å². The summed E-state index contributed by atoms with van der Waals surface area (Å²) in [6, 6.07) is 5.26. The van der Waals surface area contributed by atoms with E-state index in [1.807, 2.05) is 6.07 Å². The fourth-order valence-corrected chi connectivity index (χ4v) is 1.68. The summed E-state index contributed by atoms with van der Waals surface area (Å²) < 4.78 is 4.93. The van der Waals surface area contributed by atoms with E-state index in [2.05, 4.69) is 15.8 Å². The van der Waals surface area contributed by atoms with Gasteiger partial charge >= 0.3 is 0 Å². The van der Waals surface area contributed by atoms with Gasteiger partial charge in [0.05, 0.1) is 16.3 Å². The minimum Gasteiger partial charge on any atom is -0.385 e. The second-order valence-electron chi connectivity index (χ2n) is 3.65. The van der Waals surface area contributed by atoms with Gasteiger partial charge in [0.25, 0.3) is 0 Å². The van der Waals surface area contributed by atoms with Crippen molar-refractivity contribution in [2.45, 2.75) is 6.42 Å². The van der Waals surface area contributed by atoms with Gasteiger partial charge in [-0.3, -0.25) is 5.43 Å². The van der Waals surface area contributed by atoms with Gasteiger partial charge < -0.3 is 10.1 Å². The second kappa shape index (κ2) is 9.09. The number of nitrogens with zero attached hydrogens (tertiary/aromatic N) is 1. The molecular formula is C12H15Cl2N3OS. The Balaban J connectivity index is 2.32. The Morgan fingerprint density at radius 3 is 2.89 bits per heavy atom. The monoisotopic (exact) mass is 319 g/mol. The highest BCUT2D eigenvalue weighted by atomic mass is 35.5. The number of ether oxygens (including phenoxy) is 1. The van der Waals surface area contributed by atoms with Crippen LogP contribution in [-0.2, 0) is 4.74 Å². The van der Waals surface area contributed by atoms with Crippen molar-refractivity contribution in [2.24, 2.45) is 5.10 Å². The molecule has 1 rings (SSSR count). The molecular weight excluding hydrogens is 305 g/mol. The highest BCUT2D eigenvalue weighted by Gasteiger charge is 1.97. The molecule has 0 amide bonds. The van der Waals surface area contributed by atoms with E-state index < -0.39 is 0 Å². The van der Waals surface area contributed by atoms with E-state index in [1.165, 1.54) is 0 Å². The normalized spacial score (nSPS) is 10.7. The third-order valence-corrected chi connectivity index (χ3v) is 3.11. The molecule has 0 bridgehead atoms. The molecule has 0 atom stereocenters. The smallest absolute Gasteiger partial charge is 0.186 e. The maximum Gasteiger partial charge on any atom is 0.186 e. The Bertz CT molecular complexity index is 455. The summed E-state index contributed by atoms with van der Waals surface area (Å²) in [7, 11) is 1.66. The molecule has 0 aromatic heterocycles. The number of thiocarbonyl (C=S) groups is 1. The van der Waals surface area contributed by atoms with Gasteiger partial charge in [0.2, 0.25) is 0 Å². The average molecular weight is 320 g/mol. The summed E-state index contributed by atoms with van der Waals surface area (Å²) in [6.45, 7) is 1.43. The molecule has 0 aliphatic heterocycles. The lowest BCUT2D eigenvalue weighted by atomic mass is 10.2. The first-order valence-electron chi connectivity index (χ1n) is 5.64. The Labute approximate surface area is 128 Å². The molecule has 0 radical (unpaired) electrons. The Kier molecular flexibility index (Phi) is 7.74. The molecule has 104 valence electrons. The molecule has 0 spiro atoms. The number of rotatable bonds is 6. The van der Waals surface area contributed by atoms with Gasteiger partial charge in [-0.1, -0.05) is 29.3 Å². The zero-order valence-corrected chi connectivity index (χ0v) is 12.8. The van der Waals surface area contributed by atoms with Crippen LogP contribution in [0, 0.1) is 0 Å². The first-order chi connectivity index (χ1) is 9.13. The van der Waals surface area contributed by atoms with Crippen molar-refractivity contribution in [3.8, 4) is 0 Å². The van der Waals surface area contributed by atoms with Gasteiger partial charge in [0.15, 0.2) is 5.11 Å². The van der Waals surface area contributed by atoms with Gasteiger partial charge in [-0.2, -0.15) is 5.10 Å². The number of hydrogen-bond acceptors (Lipinski definition) is 3. The Morgan fingerprint density at radius 1 is 1.42 bits per heavy atom. The molecule has 19 heavy (non-hydrogen) atoms. The molecule has 7 heteroatoms. The van der Waals surface area contributed by atoms with Crippen molar-refractivity contribution < 1.29 is 4.74 Å². The zero-order chi connectivity index (χ0) is 14.1. The van der Waals surface area contributed by atoms with Gasteiger partial charge in [-0.15, -0.1) is 0 Å². The third-order valence-electron chi connectivity index (χ3n) is 2.13. The van der Waals surface area contributed by atoms with Crippen molar-refractivity contribution in [1.82, 2.24) is 10.7 Å². The van der Waals surface area contributed by atoms with Crippen LogP contribution in [0.3, 0.4) is 0 Å². The fourth-order valence-electron chi connectivity index (χ4n) is 1.22. The summed E-state index contributed by atoms with van der Waals surface area (Å²) in [5, 5.41) is 8.48. The summed E-state index contributed by atoms with van der Waals surface area (Å²) in [5.74, 6) is 0. The third kappa shape index (κ3) is 6.73. The number of hydrogen-bond donors (Lipinski definition) is 2. The van der Waals surface area contributed by atoms with Crippen LogP contribution in [0.15, 0.2) is 23.3 Å². The van der Waals surface area contributed by atoms with Gasteiger partial charge in [0, 0.05) is 20.3 Å². The lowest BCUT2D eigenvalue weighted by molar-refractivity contribution is 0.195. The fraction of sp³-hybridized carbons (Fsp3) is 0.333. The largest absolute Gasteiger partial charge is 0.385 e.